The van der Waals surface area contributed by atoms with Crippen LogP contribution in [0.5, 0.6) is 5.75 Å². The molecular formula is C25H24N2O4S. The molecule has 4 rings (SSSR count). The van der Waals surface area contributed by atoms with E-state index in [1.807, 2.05) is 32.0 Å². The fourth-order valence-electron chi connectivity index (χ4n) is 3.73. The number of nitrogens with zero attached hydrogens (tertiary/aromatic N) is 1. The molecule has 0 unspecified atom stereocenters. The number of nitrogens with one attached hydrogen (secondary N) is 1. The summed E-state index contributed by atoms with van der Waals surface area (Å²) in [5.74, 6) is 0.652. The van der Waals surface area contributed by atoms with Crippen molar-refractivity contribution in [3.8, 4) is 5.75 Å². The number of anilines is 1. The van der Waals surface area contributed by atoms with E-state index in [2.05, 4.69) is 4.98 Å². The van der Waals surface area contributed by atoms with Gasteiger partial charge in [-0.3, -0.25) is 9.10 Å². The maximum atomic E-state index is 13.6. The number of methoxy groups -OCH3 is 1. The van der Waals surface area contributed by atoms with E-state index < -0.39 is 10.0 Å². The van der Waals surface area contributed by atoms with Gasteiger partial charge < -0.3 is 9.72 Å². The van der Waals surface area contributed by atoms with Gasteiger partial charge in [0.05, 0.1) is 24.2 Å². The Bertz CT molecular complexity index is 1440. The molecule has 6 nitrogen and oxygen atoms in total. The summed E-state index contributed by atoms with van der Waals surface area (Å²) in [6, 6.07) is 20.9. The van der Waals surface area contributed by atoms with Crippen LogP contribution in [0.4, 0.5) is 5.69 Å². The number of benzene rings is 3. The summed E-state index contributed by atoms with van der Waals surface area (Å²) in [7, 11) is -2.34. The summed E-state index contributed by atoms with van der Waals surface area (Å²) in [6.45, 7) is 3.71. The number of sulfonamides is 1. The molecule has 0 saturated heterocycles. The van der Waals surface area contributed by atoms with Crippen LogP contribution in [0.25, 0.3) is 10.9 Å². The number of hydrogen-bond acceptors (Lipinski definition) is 4. The van der Waals surface area contributed by atoms with Crippen molar-refractivity contribution >= 4 is 26.6 Å². The smallest absolute Gasteiger partial charge is 0.264 e. The number of fused-ring (bicyclic) bond motifs is 1. The highest BCUT2D eigenvalue weighted by Crippen LogP contribution is 2.29. The second-order valence-electron chi connectivity index (χ2n) is 7.69. The molecule has 164 valence electrons. The number of pyridine rings is 1. The van der Waals surface area contributed by atoms with E-state index in [-0.39, 0.29) is 17.0 Å². The van der Waals surface area contributed by atoms with Crippen LogP contribution in [-0.2, 0) is 16.6 Å². The third-order valence-electron chi connectivity index (χ3n) is 5.39. The summed E-state index contributed by atoms with van der Waals surface area (Å²) >= 11 is 0. The van der Waals surface area contributed by atoms with Crippen LogP contribution in [0.1, 0.15) is 16.7 Å². The molecule has 1 N–H and O–H groups in total. The summed E-state index contributed by atoms with van der Waals surface area (Å²) in [5, 5.41) is 0.761. The maximum Gasteiger partial charge on any atom is 0.264 e. The molecule has 7 heteroatoms. The maximum absolute atomic E-state index is 13.6. The standard InChI is InChI=1S/C25H24N2O4S/c1-17-9-12-24(18(2)13-17)27(32(29,30)22-7-5-4-6-8-22)16-20-14-19-15-21(31-3)10-11-23(19)26-25(20)28/h4-15H,16H2,1-3H3,(H,26,28). The molecule has 32 heavy (non-hydrogen) atoms. The minimum Gasteiger partial charge on any atom is -0.497 e. The van der Waals surface area contributed by atoms with Gasteiger partial charge in [0.25, 0.3) is 15.6 Å². The van der Waals surface area contributed by atoms with Gasteiger partial charge in [-0.1, -0.05) is 35.9 Å². The average molecular weight is 449 g/mol. The van der Waals surface area contributed by atoms with E-state index >= 15 is 0 Å². The second kappa shape index (κ2) is 8.51. The van der Waals surface area contributed by atoms with Gasteiger partial charge in [0, 0.05) is 16.5 Å². The van der Waals surface area contributed by atoms with Gasteiger partial charge >= 0.3 is 0 Å². The molecular weight excluding hydrogens is 424 g/mol. The zero-order valence-corrected chi connectivity index (χ0v) is 18.9. The van der Waals surface area contributed by atoms with E-state index in [9.17, 15) is 13.2 Å². The van der Waals surface area contributed by atoms with Crippen LogP contribution in [-0.4, -0.2) is 20.5 Å². The first-order valence-corrected chi connectivity index (χ1v) is 11.6. The predicted octanol–water partition coefficient (Wildman–Crippen LogP) is 4.55. The molecule has 0 spiro atoms. The van der Waals surface area contributed by atoms with Crippen LogP contribution in [0.2, 0.25) is 0 Å². The molecule has 0 aliphatic rings. The van der Waals surface area contributed by atoms with E-state index in [1.165, 1.54) is 4.31 Å². The Morgan fingerprint density at radius 2 is 1.69 bits per heavy atom. The first kappa shape index (κ1) is 21.6. The fourth-order valence-corrected chi connectivity index (χ4v) is 5.26. The number of aromatic nitrogens is 1. The molecule has 0 radical (unpaired) electrons. The molecule has 0 aliphatic heterocycles. The highest BCUT2D eigenvalue weighted by molar-refractivity contribution is 7.92. The zero-order chi connectivity index (χ0) is 22.9. The van der Waals surface area contributed by atoms with Crippen molar-refractivity contribution in [3.05, 3.63) is 99.8 Å². The lowest BCUT2D eigenvalue weighted by Gasteiger charge is -2.26. The first-order valence-electron chi connectivity index (χ1n) is 10.1. The van der Waals surface area contributed by atoms with Crippen molar-refractivity contribution in [2.45, 2.75) is 25.3 Å². The summed E-state index contributed by atoms with van der Waals surface area (Å²) < 4.78 is 33.9. The van der Waals surface area contributed by atoms with Gasteiger partial charge in [-0.25, -0.2) is 8.42 Å². The average Bonchev–Trinajstić information content (AvgIpc) is 2.78. The monoisotopic (exact) mass is 448 g/mol. The first-order chi connectivity index (χ1) is 15.3. The Kier molecular flexibility index (Phi) is 5.76. The third-order valence-corrected chi connectivity index (χ3v) is 7.17. The molecule has 0 atom stereocenters. The van der Waals surface area contributed by atoms with Crippen molar-refractivity contribution in [1.82, 2.24) is 4.98 Å². The van der Waals surface area contributed by atoms with Gasteiger partial charge in [0.2, 0.25) is 0 Å². The number of aryl methyl sites for hydroxylation is 2. The topological polar surface area (TPSA) is 79.5 Å². The number of rotatable bonds is 6. The Balaban J connectivity index is 1.88. The van der Waals surface area contributed by atoms with Crippen molar-refractivity contribution in [1.29, 1.82) is 0 Å². The normalized spacial score (nSPS) is 11.5. The Hall–Kier alpha value is -3.58. The fraction of sp³-hybridized carbons (Fsp3) is 0.160. The molecule has 0 saturated carbocycles. The summed E-state index contributed by atoms with van der Waals surface area (Å²) in [4.78, 5) is 15.9. The molecule has 1 heterocycles. The number of aromatic amines is 1. The van der Waals surface area contributed by atoms with E-state index in [0.717, 1.165) is 16.5 Å². The van der Waals surface area contributed by atoms with Gasteiger partial charge in [-0.15, -0.1) is 0 Å². The third kappa shape index (κ3) is 4.11. The Morgan fingerprint density at radius 3 is 2.38 bits per heavy atom. The number of ether oxygens (including phenoxy) is 1. The van der Waals surface area contributed by atoms with Gasteiger partial charge in [-0.05, 0) is 61.9 Å². The SMILES string of the molecule is COc1ccc2[nH]c(=O)c(CN(c3ccc(C)cc3C)S(=O)(=O)c3ccccc3)cc2c1. The molecule has 1 aromatic heterocycles. The molecule has 0 bridgehead atoms. The molecule has 3 aromatic carbocycles. The quantitative estimate of drug-likeness (QED) is 0.469. The van der Waals surface area contributed by atoms with E-state index in [0.29, 0.717) is 22.5 Å². The van der Waals surface area contributed by atoms with Crippen LogP contribution < -0.4 is 14.6 Å². The Morgan fingerprint density at radius 1 is 0.938 bits per heavy atom. The van der Waals surface area contributed by atoms with Crippen molar-refractivity contribution in [2.75, 3.05) is 11.4 Å². The zero-order valence-electron chi connectivity index (χ0n) is 18.1. The lowest BCUT2D eigenvalue weighted by Crippen LogP contribution is -2.33. The van der Waals surface area contributed by atoms with Gasteiger partial charge in [-0.2, -0.15) is 0 Å². The van der Waals surface area contributed by atoms with Gasteiger partial charge in [0.15, 0.2) is 0 Å². The highest BCUT2D eigenvalue weighted by Gasteiger charge is 2.27. The van der Waals surface area contributed by atoms with Crippen molar-refractivity contribution in [3.63, 3.8) is 0 Å². The molecule has 0 aliphatic carbocycles. The van der Waals surface area contributed by atoms with Crippen LogP contribution in [0.15, 0.2) is 82.5 Å². The molecule has 0 fully saturated rings. The number of H-pyrrole nitrogens is 1. The number of hydrogen-bond donors (Lipinski definition) is 1. The van der Waals surface area contributed by atoms with Crippen molar-refractivity contribution < 1.29 is 13.2 Å². The lowest BCUT2D eigenvalue weighted by atomic mass is 10.1. The van der Waals surface area contributed by atoms with Crippen LogP contribution in [0.3, 0.4) is 0 Å². The Labute approximate surface area is 187 Å². The minimum atomic E-state index is -3.91. The van der Waals surface area contributed by atoms with Crippen LogP contribution >= 0.6 is 0 Å². The largest absolute Gasteiger partial charge is 0.497 e. The highest BCUT2D eigenvalue weighted by atomic mass is 32.2. The lowest BCUT2D eigenvalue weighted by molar-refractivity contribution is 0.415. The molecule has 0 amide bonds. The van der Waals surface area contributed by atoms with E-state index in [1.54, 1.807) is 61.7 Å². The van der Waals surface area contributed by atoms with Crippen molar-refractivity contribution in [2.24, 2.45) is 0 Å². The van der Waals surface area contributed by atoms with Crippen LogP contribution in [0, 0.1) is 13.8 Å². The minimum absolute atomic E-state index is 0.108. The van der Waals surface area contributed by atoms with E-state index in [4.69, 9.17) is 4.74 Å². The molecule has 4 aromatic rings. The predicted molar refractivity (Wildman–Crippen MR) is 127 cm³/mol. The second-order valence-corrected chi connectivity index (χ2v) is 9.55. The summed E-state index contributed by atoms with van der Waals surface area (Å²) in [6.07, 6.45) is 0. The summed E-state index contributed by atoms with van der Waals surface area (Å²) in [5.41, 5.74) is 3.03. The van der Waals surface area contributed by atoms with Gasteiger partial charge in [0.1, 0.15) is 5.75 Å².